The van der Waals surface area contributed by atoms with E-state index in [-0.39, 0.29) is 16.7 Å². The summed E-state index contributed by atoms with van der Waals surface area (Å²) >= 11 is 8.12. The SMILES string of the molecule is CCCCCCC(=O)N1CCC2(CC1)SCCN2C(=O)c1ccccc1Cl. The first-order valence-corrected chi connectivity index (χ1v) is 11.4. The Bertz CT molecular complexity index is 674. The van der Waals surface area contributed by atoms with Gasteiger partial charge in [0.05, 0.1) is 15.5 Å². The van der Waals surface area contributed by atoms with Crippen LogP contribution in [0.5, 0.6) is 0 Å². The van der Waals surface area contributed by atoms with Crippen molar-refractivity contribution >= 4 is 35.2 Å². The highest BCUT2D eigenvalue weighted by Gasteiger charge is 2.47. The van der Waals surface area contributed by atoms with Crippen molar-refractivity contribution in [1.82, 2.24) is 9.80 Å². The average Bonchev–Trinajstić information content (AvgIpc) is 3.08. The number of carbonyl (C=O) groups excluding carboxylic acids is 2. The molecule has 1 aromatic rings. The summed E-state index contributed by atoms with van der Waals surface area (Å²) in [5.74, 6) is 1.24. The molecule has 0 bridgehead atoms. The van der Waals surface area contributed by atoms with E-state index >= 15 is 0 Å². The minimum Gasteiger partial charge on any atom is -0.342 e. The minimum atomic E-state index is -0.185. The maximum atomic E-state index is 13.1. The van der Waals surface area contributed by atoms with E-state index in [1.54, 1.807) is 12.1 Å². The Morgan fingerprint density at radius 3 is 2.56 bits per heavy atom. The first-order valence-electron chi connectivity index (χ1n) is 10.1. The Kier molecular flexibility index (Phi) is 7.10. The van der Waals surface area contributed by atoms with Crippen LogP contribution in [0.4, 0.5) is 0 Å². The van der Waals surface area contributed by atoms with Gasteiger partial charge >= 0.3 is 0 Å². The van der Waals surface area contributed by atoms with Gasteiger partial charge in [-0.25, -0.2) is 0 Å². The molecule has 0 aliphatic carbocycles. The lowest BCUT2D eigenvalue weighted by Gasteiger charge is -2.44. The van der Waals surface area contributed by atoms with E-state index in [1.165, 1.54) is 12.8 Å². The van der Waals surface area contributed by atoms with Crippen molar-refractivity contribution in [2.45, 2.75) is 56.7 Å². The Labute approximate surface area is 171 Å². The van der Waals surface area contributed by atoms with Crippen LogP contribution in [-0.2, 0) is 4.79 Å². The Balaban J connectivity index is 1.60. The molecule has 2 aliphatic rings. The van der Waals surface area contributed by atoms with Gasteiger partial charge in [-0.1, -0.05) is 49.9 Å². The normalized spacial score (nSPS) is 18.9. The van der Waals surface area contributed by atoms with Crippen molar-refractivity contribution < 1.29 is 9.59 Å². The molecule has 0 atom stereocenters. The van der Waals surface area contributed by atoms with Crippen LogP contribution in [0, 0.1) is 0 Å². The van der Waals surface area contributed by atoms with Gasteiger partial charge in [-0.15, -0.1) is 11.8 Å². The number of halogens is 1. The summed E-state index contributed by atoms with van der Waals surface area (Å²) in [7, 11) is 0. The van der Waals surface area contributed by atoms with Gasteiger partial charge in [0.2, 0.25) is 5.91 Å². The zero-order chi connectivity index (χ0) is 19.3. The molecule has 3 rings (SSSR count). The lowest BCUT2D eigenvalue weighted by atomic mass is 10.00. The summed E-state index contributed by atoms with van der Waals surface area (Å²) in [6, 6.07) is 7.27. The summed E-state index contributed by atoms with van der Waals surface area (Å²) < 4.78 is 0. The molecule has 0 saturated carbocycles. The van der Waals surface area contributed by atoms with Crippen LogP contribution in [-0.4, -0.2) is 51.9 Å². The summed E-state index contributed by atoms with van der Waals surface area (Å²) in [4.78, 5) is 29.4. The summed E-state index contributed by atoms with van der Waals surface area (Å²) in [5.41, 5.74) is 0.579. The van der Waals surface area contributed by atoms with Gasteiger partial charge in [-0.2, -0.15) is 0 Å². The standard InChI is InChI=1S/C21H29ClN2O2S/c1-2-3-4-5-10-19(25)23-13-11-21(12-14-23)24(15-16-27-21)20(26)17-8-6-7-9-18(17)22/h6-9H,2-5,10-16H2,1H3. The van der Waals surface area contributed by atoms with Crippen molar-refractivity contribution in [1.29, 1.82) is 0 Å². The second kappa shape index (κ2) is 9.33. The molecule has 0 aromatic heterocycles. The van der Waals surface area contributed by atoms with Gasteiger partial charge in [-0.3, -0.25) is 9.59 Å². The van der Waals surface area contributed by atoms with E-state index in [0.29, 0.717) is 17.0 Å². The number of nitrogens with zero attached hydrogens (tertiary/aromatic N) is 2. The third kappa shape index (κ3) is 4.62. The molecular formula is C21H29ClN2O2S. The summed E-state index contributed by atoms with van der Waals surface area (Å²) in [6.45, 7) is 4.42. The summed E-state index contributed by atoms with van der Waals surface area (Å²) in [6.07, 6.45) is 6.85. The van der Waals surface area contributed by atoms with Gasteiger partial charge in [0.1, 0.15) is 0 Å². The average molecular weight is 409 g/mol. The highest BCUT2D eigenvalue weighted by atomic mass is 35.5. The Hall–Kier alpha value is -1.20. The van der Waals surface area contributed by atoms with E-state index in [9.17, 15) is 9.59 Å². The largest absolute Gasteiger partial charge is 0.342 e. The van der Waals surface area contributed by atoms with Crippen molar-refractivity contribution in [2.24, 2.45) is 0 Å². The van der Waals surface area contributed by atoms with Gasteiger partial charge in [0.25, 0.3) is 5.91 Å². The van der Waals surface area contributed by atoms with Crippen LogP contribution in [0.3, 0.4) is 0 Å². The number of thioether (sulfide) groups is 1. The number of likely N-dealkylation sites (tertiary alicyclic amines) is 1. The van der Waals surface area contributed by atoms with E-state index in [1.807, 2.05) is 33.7 Å². The first-order chi connectivity index (χ1) is 13.1. The third-order valence-corrected chi connectivity index (χ3v) is 7.55. The topological polar surface area (TPSA) is 40.6 Å². The monoisotopic (exact) mass is 408 g/mol. The van der Waals surface area contributed by atoms with Crippen LogP contribution in [0.1, 0.15) is 62.2 Å². The Morgan fingerprint density at radius 1 is 1.11 bits per heavy atom. The molecule has 6 heteroatoms. The molecule has 1 spiro atoms. The van der Waals surface area contributed by atoms with Crippen LogP contribution in [0.15, 0.2) is 24.3 Å². The maximum absolute atomic E-state index is 13.1. The number of hydrogen-bond acceptors (Lipinski definition) is 3. The molecule has 2 aliphatic heterocycles. The molecule has 0 unspecified atom stereocenters. The first kappa shape index (κ1) is 20.5. The van der Waals surface area contributed by atoms with Gasteiger partial charge in [-0.05, 0) is 31.4 Å². The predicted molar refractivity (Wildman–Crippen MR) is 112 cm³/mol. The number of unbranched alkanes of at least 4 members (excludes halogenated alkanes) is 3. The smallest absolute Gasteiger partial charge is 0.256 e. The van der Waals surface area contributed by atoms with E-state index in [0.717, 1.165) is 51.1 Å². The van der Waals surface area contributed by atoms with Crippen molar-refractivity contribution in [3.63, 3.8) is 0 Å². The maximum Gasteiger partial charge on any atom is 0.256 e. The molecule has 0 radical (unpaired) electrons. The molecule has 2 heterocycles. The van der Waals surface area contributed by atoms with Crippen molar-refractivity contribution in [3.8, 4) is 0 Å². The number of hydrogen-bond donors (Lipinski definition) is 0. The molecule has 0 N–H and O–H groups in total. The lowest BCUT2D eigenvalue weighted by molar-refractivity contribution is -0.132. The number of piperidine rings is 1. The predicted octanol–water partition coefficient (Wildman–Crippen LogP) is 4.82. The molecule has 148 valence electrons. The summed E-state index contributed by atoms with van der Waals surface area (Å²) in [5, 5.41) is 0.509. The zero-order valence-corrected chi connectivity index (χ0v) is 17.7. The van der Waals surface area contributed by atoms with Crippen molar-refractivity contribution in [3.05, 3.63) is 34.9 Å². The molecule has 2 saturated heterocycles. The fraction of sp³-hybridized carbons (Fsp3) is 0.619. The van der Waals surface area contributed by atoms with Crippen LogP contribution in [0.2, 0.25) is 5.02 Å². The lowest BCUT2D eigenvalue weighted by Crippen LogP contribution is -2.53. The fourth-order valence-corrected chi connectivity index (χ4v) is 5.73. The van der Waals surface area contributed by atoms with Crippen LogP contribution >= 0.6 is 23.4 Å². The van der Waals surface area contributed by atoms with E-state index in [2.05, 4.69) is 6.92 Å². The number of rotatable bonds is 6. The third-order valence-electron chi connectivity index (χ3n) is 5.67. The molecular weight excluding hydrogens is 380 g/mol. The molecule has 27 heavy (non-hydrogen) atoms. The minimum absolute atomic E-state index is 0.0185. The van der Waals surface area contributed by atoms with Crippen LogP contribution in [0.25, 0.3) is 0 Å². The zero-order valence-electron chi connectivity index (χ0n) is 16.1. The quantitative estimate of drug-likeness (QED) is 0.633. The number of benzene rings is 1. The molecule has 2 fully saturated rings. The van der Waals surface area contributed by atoms with Crippen LogP contribution < -0.4 is 0 Å². The van der Waals surface area contributed by atoms with Crippen molar-refractivity contribution in [2.75, 3.05) is 25.4 Å². The Morgan fingerprint density at radius 2 is 1.85 bits per heavy atom. The highest BCUT2D eigenvalue weighted by molar-refractivity contribution is 8.00. The van der Waals surface area contributed by atoms with Gasteiger partial charge in [0, 0.05) is 31.8 Å². The second-order valence-electron chi connectivity index (χ2n) is 7.42. The molecule has 1 aromatic carbocycles. The number of carbonyl (C=O) groups is 2. The van der Waals surface area contributed by atoms with Gasteiger partial charge in [0.15, 0.2) is 0 Å². The van der Waals surface area contributed by atoms with E-state index < -0.39 is 0 Å². The molecule has 4 nitrogen and oxygen atoms in total. The molecule has 2 amide bonds. The number of amides is 2. The fourth-order valence-electron chi connectivity index (χ4n) is 4.06. The van der Waals surface area contributed by atoms with E-state index in [4.69, 9.17) is 11.6 Å². The second-order valence-corrected chi connectivity index (χ2v) is 9.29. The highest BCUT2D eigenvalue weighted by Crippen LogP contribution is 2.45. The van der Waals surface area contributed by atoms with Gasteiger partial charge < -0.3 is 9.80 Å².